The van der Waals surface area contributed by atoms with Crippen molar-refractivity contribution in [1.82, 2.24) is 19.9 Å². The summed E-state index contributed by atoms with van der Waals surface area (Å²) in [6.45, 7) is 2.87. The quantitative estimate of drug-likeness (QED) is 0.499. The van der Waals surface area contributed by atoms with Crippen LogP contribution in [0.1, 0.15) is 6.92 Å². The molecule has 0 aliphatic rings. The van der Waals surface area contributed by atoms with E-state index in [4.69, 9.17) is 14.0 Å². The minimum atomic E-state index is 0.399. The molecule has 0 aliphatic carbocycles. The fraction of sp³-hybridized carbons (Fsp3) is 0.190. The lowest BCUT2D eigenvalue weighted by atomic mass is 10.1. The van der Waals surface area contributed by atoms with E-state index < -0.39 is 0 Å². The van der Waals surface area contributed by atoms with E-state index in [1.807, 2.05) is 47.1 Å². The minimum Gasteiger partial charge on any atom is -0.497 e. The fourth-order valence-corrected chi connectivity index (χ4v) is 3.04. The van der Waals surface area contributed by atoms with Gasteiger partial charge in [-0.05, 0) is 31.2 Å². The Bertz CT molecular complexity index is 1080. The van der Waals surface area contributed by atoms with Gasteiger partial charge in [0, 0.05) is 35.5 Å². The highest BCUT2D eigenvalue weighted by atomic mass is 16.5. The molecule has 2 heterocycles. The van der Waals surface area contributed by atoms with Gasteiger partial charge in [0.2, 0.25) is 5.82 Å². The number of hydrogen-bond donors (Lipinski definition) is 0. The van der Waals surface area contributed by atoms with Gasteiger partial charge >= 0.3 is 0 Å². The number of hydrogen-bond acceptors (Lipinski definition) is 6. The number of ether oxygens (including phenoxy) is 2. The molecule has 0 spiro atoms. The minimum absolute atomic E-state index is 0.399. The zero-order valence-corrected chi connectivity index (χ0v) is 15.9. The first-order valence-electron chi connectivity index (χ1n) is 8.91. The summed E-state index contributed by atoms with van der Waals surface area (Å²) in [7, 11) is 3.20. The second-order valence-electron chi connectivity index (χ2n) is 6.14. The molecule has 142 valence electrons. The normalized spacial score (nSPS) is 10.8. The molecule has 0 N–H and O–H groups in total. The van der Waals surface area contributed by atoms with Gasteiger partial charge in [-0.15, -0.1) is 0 Å². The number of aryl methyl sites for hydroxylation is 1. The van der Waals surface area contributed by atoms with Crippen LogP contribution in [0.3, 0.4) is 0 Å². The van der Waals surface area contributed by atoms with E-state index in [1.54, 1.807) is 26.5 Å². The Morgan fingerprint density at radius 2 is 1.68 bits per heavy atom. The third-order valence-corrected chi connectivity index (χ3v) is 4.46. The van der Waals surface area contributed by atoms with Crippen molar-refractivity contribution in [3.05, 3.63) is 54.7 Å². The van der Waals surface area contributed by atoms with Crippen LogP contribution < -0.4 is 9.47 Å². The molecule has 0 radical (unpaired) electrons. The monoisotopic (exact) mass is 376 g/mol. The molecule has 0 bridgehead atoms. The van der Waals surface area contributed by atoms with Crippen LogP contribution >= 0.6 is 0 Å². The van der Waals surface area contributed by atoms with E-state index in [0.717, 1.165) is 28.9 Å². The molecule has 0 saturated carbocycles. The summed E-state index contributed by atoms with van der Waals surface area (Å²) < 4.78 is 18.1. The van der Waals surface area contributed by atoms with Gasteiger partial charge in [0.1, 0.15) is 11.5 Å². The van der Waals surface area contributed by atoms with Crippen LogP contribution in [0.15, 0.2) is 59.3 Å². The van der Waals surface area contributed by atoms with Crippen molar-refractivity contribution in [2.45, 2.75) is 13.5 Å². The molecular formula is C21H20N4O3. The molecule has 7 nitrogen and oxygen atoms in total. The van der Waals surface area contributed by atoms with Crippen molar-refractivity contribution in [3.8, 4) is 45.6 Å². The molecule has 4 rings (SSSR count). The highest BCUT2D eigenvalue weighted by molar-refractivity contribution is 5.69. The lowest BCUT2D eigenvalue weighted by Crippen LogP contribution is -1.98. The van der Waals surface area contributed by atoms with Crippen LogP contribution in [-0.2, 0) is 6.54 Å². The van der Waals surface area contributed by atoms with E-state index in [9.17, 15) is 0 Å². The Kier molecular flexibility index (Phi) is 4.80. The van der Waals surface area contributed by atoms with Crippen LogP contribution in [0.4, 0.5) is 0 Å². The van der Waals surface area contributed by atoms with E-state index in [0.29, 0.717) is 23.2 Å². The molecule has 4 aromatic rings. The lowest BCUT2D eigenvalue weighted by molar-refractivity contribution is 0.393. The SMILES string of the molecule is CCn1nccc1-c1cccc(-c2noc(-c3cc(OC)cc(OC)c3)n2)c1. The van der Waals surface area contributed by atoms with Crippen LogP contribution in [0.2, 0.25) is 0 Å². The smallest absolute Gasteiger partial charge is 0.258 e. The van der Waals surface area contributed by atoms with Crippen LogP contribution in [0.25, 0.3) is 34.1 Å². The van der Waals surface area contributed by atoms with Gasteiger partial charge in [0.15, 0.2) is 0 Å². The number of aromatic nitrogens is 4. The van der Waals surface area contributed by atoms with Crippen molar-refractivity contribution in [3.63, 3.8) is 0 Å². The van der Waals surface area contributed by atoms with Gasteiger partial charge in [-0.3, -0.25) is 4.68 Å². The summed E-state index contributed by atoms with van der Waals surface area (Å²) in [5.74, 6) is 2.23. The van der Waals surface area contributed by atoms with E-state index in [-0.39, 0.29) is 0 Å². The molecule has 2 aromatic heterocycles. The standard InChI is InChI=1S/C21H20N4O3/c1-4-25-19(8-9-22-25)14-6-5-7-15(10-14)20-23-21(28-24-20)16-11-17(26-2)13-18(12-16)27-3/h5-13H,4H2,1-3H3. The Morgan fingerprint density at radius 3 is 2.39 bits per heavy atom. The van der Waals surface area contributed by atoms with Crippen molar-refractivity contribution >= 4 is 0 Å². The summed E-state index contributed by atoms with van der Waals surface area (Å²) in [6.07, 6.45) is 1.80. The Morgan fingerprint density at radius 1 is 0.929 bits per heavy atom. The Balaban J connectivity index is 1.70. The predicted octanol–water partition coefficient (Wildman–Crippen LogP) is 4.30. The van der Waals surface area contributed by atoms with Gasteiger partial charge in [-0.25, -0.2) is 0 Å². The van der Waals surface area contributed by atoms with Crippen molar-refractivity contribution in [2.24, 2.45) is 0 Å². The van der Waals surface area contributed by atoms with Crippen molar-refractivity contribution < 1.29 is 14.0 Å². The molecule has 0 fully saturated rings. The maximum atomic E-state index is 5.49. The number of benzene rings is 2. The summed E-state index contributed by atoms with van der Waals surface area (Å²) in [6, 6.07) is 15.4. The molecule has 0 amide bonds. The molecule has 7 heteroatoms. The molecule has 0 saturated heterocycles. The van der Waals surface area contributed by atoms with E-state index in [1.165, 1.54) is 0 Å². The molecular weight excluding hydrogens is 356 g/mol. The first-order valence-corrected chi connectivity index (χ1v) is 8.91. The summed E-state index contributed by atoms with van der Waals surface area (Å²) in [4.78, 5) is 4.56. The molecule has 0 atom stereocenters. The number of methoxy groups -OCH3 is 2. The van der Waals surface area contributed by atoms with Gasteiger partial charge in [0.25, 0.3) is 5.89 Å². The fourth-order valence-electron chi connectivity index (χ4n) is 3.04. The maximum absolute atomic E-state index is 5.49. The third kappa shape index (κ3) is 3.34. The van der Waals surface area contributed by atoms with Gasteiger partial charge in [-0.1, -0.05) is 23.4 Å². The van der Waals surface area contributed by atoms with Crippen molar-refractivity contribution in [1.29, 1.82) is 0 Å². The average Bonchev–Trinajstić information content (AvgIpc) is 3.43. The zero-order chi connectivity index (χ0) is 19.5. The zero-order valence-electron chi connectivity index (χ0n) is 15.9. The third-order valence-electron chi connectivity index (χ3n) is 4.46. The van der Waals surface area contributed by atoms with E-state index in [2.05, 4.69) is 22.2 Å². The topological polar surface area (TPSA) is 75.2 Å². The van der Waals surface area contributed by atoms with Gasteiger partial charge in [-0.2, -0.15) is 10.1 Å². The van der Waals surface area contributed by atoms with Crippen molar-refractivity contribution in [2.75, 3.05) is 14.2 Å². The summed E-state index contributed by atoms with van der Waals surface area (Å²) in [5.41, 5.74) is 3.69. The second kappa shape index (κ2) is 7.56. The largest absolute Gasteiger partial charge is 0.497 e. The predicted molar refractivity (Wildman–Crippen MR) is 105 cm³/mol. The number of rotatable bonds is 6. The second-order valence-corrected chi connectivity index (χ2v) is 6.14. The Hall–Kier alpha value is -3.61. The summed E-state index contributed by atoms with van der Waals surface area (Å²) in [5, 5.41) is 8.48. The van der Waals surface area contributed by atoms with Crippen LogP contribution in [0.5, 0.6) is 11.5 Å². The highest BCUT2D eigenvalue weighted by Crippen LogP contribution is 2.31. The number of nitrogens with zero attached hydrogens (tertiary/aromatic N) is 4. The maximum Gasteiger partial charge on any atom is 0.258 e. The Labute approximate surface area is 162 Å². The van der Waals surface area contributed by atoms with Gasteiger partial charge in [0.05, 0.1) is 19.9 Å². The molecule has 0 aliphatic heterocycles. The molecule has 28 heavy (non-hydrogen) atoms. The summed E-state index contributed by atoms with van der Waals surface area (Å²) >= 11 is 0. The molecule has 2 aromatic carbocycles. The molecule has 0 unspecified atom stereocenters. The highest BCUT2D eigenvalue weighted by Gasteiger charge is 2.14. The first-order chi connectivity index (χ1) is 13.7. The van der Waals surface area contributed by atoms with Crippen LogP contribution in [-0.4, -0.2) is 34.1 Å². The lowest BCUT2D eigenvalue weighted by Gasteiger charge is -2.06. The average molecular weight is 376 g/mol. The van der Waals surface area contributed by atoms with E-state index >= 15 is 0 Å². The first kappa shape index (κ1) is 17.8. The van der Waals surface area contributed by atoms with Crippen LogP contribution in [0, 0.1) is 0 Å². The van der Waals surface area contributed by atoms with Gasteiger partial charge < -0.3 is 14.0 Å².